The predicted octanol–water partition coefficient (Wildman–Crippen LogP) is 1.95. The molecule has 6 nitrogen and oxygen atoms in total. The van der Waals surface area contributed by atoms with E-state index in [-0.39, 0.29) is 0 Å². The Morgan fingerprint density at radius 3 is 3.11 bits per heavy atom. The van der Waals surface area contributed by atoms with Crippen molar-refractivity contribution in [2.24, 2.45) is 0 Å². The minimum atomic E-state index is 0.389. The van der Waals surface area contributed by atoms with E-state index in [9.17, 15) is 0 Å². The second-order valence-electron chi connectivity index (χ2n) is 3.97. The fourth-order valence-electron chi connectivity index (χ4n) is 1.78. The third-order valence-electron chi connectivity index (χ3n) is 2.59. The highest BCUT2D eigenvalue weighted by Gasteiger charge is 2.10. The van der Waals surface area contributed by atoms with Crippen LogP contribution in [-0.4, -0.2) is 22.2 Å². The maximum absolute atomic E-state index is 5.72. The Hall–Kier alpha value is -2.34. The number of aromatic amines is 1. The Morgan fingerprint density at radius 2 is 2.28 bits per heavy atom. The number of ether oxygens (including phenoxy) is 1. The van der Waals surface area contributed by atoms with Crippen molar-refractivity contribution in [2.45, 2.75) is 6.61 Å². The highest BCUT2D eigenvalue weighted by Crippen LogP contribution is 2.21. The van der Waals surface area contributed by atoms with Crippen LogP contribution in [0.1, 0.15) is 5.76 Å². The lowest BCUT2D eigenvalue weighted by atomic mass is 10.3. The highest BCUT2D eigenvalue weighted by molar-refractivity contribution is 5.81. The van der Waals surface area contributed by atoms with Gasteiger partial charge in [0.2, 0.25) is 0 Å². The molecule has 0 atom stereocenters. The molecule has 0 aliphatic rings. The van der Waals surface area contributed by atoms with Gasteiger partial charge in [-0.05, 0) is 18.2 Å². The van der Waals surface area contributed by atoms with E-state index in [1.165, 1.54) is 0 Å². The molecule has 0 unspecified atom stereocenters. The zero-order valence-electron chi connectivity index (χ0n) is 9.80. The van der Waals surface area contributed by atoms with E-state index < -0.39 is 0 Å². The van der Waals surface area contributed by atoms with Crippen LogP contribution < -0.4 is 5.73 Å². The molecule has 0 radical (unpaired) electrons. The van der Waals surface area contributed by atoms with Crippen molar-refractivity contribution in [1.29, 1.82) is 0 Å². The summed E-state index contributed by atoms with van der Waals surface area (Å²) in [5.74, 6) is 1.31. The van der Waals surface area contributed by atoms with E-state index in [1.54, 1.807) is 13.2 Å². The number of nitrogen functional groups attached to an aromatic ring is 1. The minimum Gasteiger partial charge on any atom is -0.399 e. The molecule has 3 rings (SSSR count). The zero-order chi connectivity index (χ0) is 12.5. The molecule has 18 heavy (non-hydrogen) atoms. The summed E-state index contributed by atoms with van der Waals surface area (Å²) in [6.45, 7) is 0.389. The monoisotopic (exact) mass is 244 g/mol. The molecule has 0 saturated carbocycles. The largest absolute Gasteiger partial charge is 0.399 e. The molecular formula is C12H12N4O2. The van der Waals surface area contributed by atoms with Crippen LogP contribution in [0, 0.1) is 0 Å². The van der Waals surface area contributed by atoms with Crippen LogP contribution in [0.4, 0.5) is 5.69 Å². The molecule has 1 aromatic carbocycles. The summed E-state index contributed by atoms with van der Waals surface area (Å²) in [4.78, 5) is 7.58. The number of fused-ring (bicyclic) bond motifs is 1. The Labute approximate surface area is 103 Å². The Balaban J connectivity index is 2.02. The first-order valence-corrected chi connectivity index (χ1v) is 5.46. The van der Waals surface area contributed by atoms with Crippen LogP contribution in [0.3, 0.4) is 0 Å². The van der Waals surface area contributed by atoms with Gasteiger partial charge in [0, 0.05) is 18.9 Å². The van der Waals surface area contributed by atoms with Crippen LogP contribution >= 0.6 is 0 Å². The number of aromatic nitrogens is 3. The number of hydrogen-bond donors (Lipinski definition) is 2. The number of anilines is 1. The normalized spacial score (nSPS) is 11.2. The van der Waals surface area contributed by atoms with Crippen molar-refractivity contribution < 1.29 is 9.26 Å². The molecular weight excluding hydrogens is 232 g/mol. The molecule has 0 amide bonds. The molecule has 0 fully saturated rings. The fraction of sp³-hybridized carbons (Fsp3) is 0.167. The van der Waals surface area contributed by atoms with Gasteiger partial charge in [0.15, 0.2) is 11.6 Å². The van der Waals surface area contributed by atoms with Crippen molar-refractivity contribution >= 4 is 16.7 Å². The van der Waals surface area contributed by atoms with Gasteiger partial charge in [0.1, 0.15) is 12.3 Å². The van der Waals surface area contributed by atoms with Gasteiger partial charge in [0.25, 0.3) is 0 Å². The molecule has 0 bridgehead atoms. The summed E-state index contributed by atoms with van der Waals surface area (Å²) in [5, 5.41) is 3.94. The van der Waals surface area contributed by atoms with Crippen molar-refractivity contribution in [2.75, 3.05) is 12.8 Å². The average Bonchev–Trinajstić information content (AvgIpc) is 2.94. The van der Waals surface area contributed by atoms with Crippen LogP contribution in [0.15, 0.2) is 28.8 Å². The SMILES string of the molecule is COCc1cc(-c2nc3ccc(N)cc3[nH]2)no1. The van der Waals surface area contributed by atoms with E-state index >= 15 is 0 Å². The number of H-pyrrole nitrogens is 1. The first-order valence-electron chi connectivity index (χ1n) is 5.46. The molecule has 2 aromatic heterocycles. The average molecular weight is 244 g/mol. The molecule has 0 aliphatic heterocycles. The Bertz CT molecular complexity index is 686. The third-order valence-corrected chi connectivity index (χ3v) is 2.59. The lowest BCUT2D eigenvalue weighted by Crippen LogP contribution is -1.82. The number of methoxy groups -OCH3 is 1. The van der Waals surface area contributed by atoms with Gasteiger partial charge in [-0.15, -0.1) is 0 Å². The minimum absolute atomic E-state index is 0.389. The second kappa shape index (κ2) is 4.15. The van der Waals surface area contributed by atoms with Crippen molar-refractivity contribution in [3.8, 4) is 11.5 Å². The maximum atomic E-state index is 5.72. The summed E-state index contributed by atoms with van der Waals surface area (Å²) in [7, 11) is 1.60. The first kappa shape index (κ1) is 10.8. The number of nitrogens with one attached hydrogen (secondary N) is 1. The second-order valence-corrected chi connectivity index (χ2v) is 3.97. The smallest absolute Gasteiger partial charge is 0.163 e. The molecule has 3 N–H and O–H groups in total. The van der Waals surface area contributed by atoms with Crippen molar-refractivity contribution in [1.82, 2.24) is 15.1 Å². The van der Waals surface area contributed by atoms with E-state index in [1.807, 2.05) is 18.2 Å². The van der Waals surface area contributed by atoms with E-state index in [0.29, 0.717) is 29.6 Å². The topological polar surface area (TPSA) is 90.0 Å². The van der Waals surface area contributed by atoms with E-state index in [4.69, 9.17) is 15.0 Å². The standard InChI is InChI=1S/C12H12N4O2/c1-17-6-8-5-11(16-18-8)12-14-9-3-2-7(13)4-10(9)15-12/h2-5H,6,13H2,1H3,(H,14,15). The molecule has 6 heteroatoms. The molecule has 92 valence electrons. The van der Waals surface area contributed by atoms with E-state index in [0.717, 1.165) is 11.0 Å². The summed E-state index contributed by atoms with van der Waals surface area (Å²) in [6, 6.07) is 7.31. The first-order chi connectivity index (χ1) is 8.76. The van der Waals surface area contributed by atoms with Gasteiger partial charge >= 0.3 is 0 Å². The summed E-state index contributed by atoms with van der Waals surface area (Å²) >= 11 is 0. The summed E-state index contributed by atoms with van der Waals surface area (Å²) < 4.78 is 10.1. The Kier molecular flexibility index (Phi) is 2.49. The van der Waals surface area contributed by atoms with Gasteiger partial charge in [-0.1, -0.05) is 5.16 Å². The van der Waals surface area contributed by atoms with Crippen LogP contribution in [0.25, 0.3) is 22.6 Å². The van der Waals surface area contributed by atoms with Crippen LogP contribution in [0.5, 0.6) is 0 Å². The van der Waals surface area contributed by atoms with Crippen LogP contribution in [-0.2, 0) is 11.3 Å². The molecule has 3 aromatic rings. The molecule has 0 aliphatic carbocycles. The Morgan fingerprint density at radius 1 is 1.39 bits per heavy atom. The van der Waals surface area contributed by atoms with Gasteiger partial charge in [-0.3, -0.25) is 0 Å². The maximum Gasteiger partial charge on any atom is 0.163 e. The zero-order valence-corrected chi connectivity index (χ0v) is 9.80. The van der Waals surface area contributed by atoms with Gasteiger partial charge in [0.05, 0.1) is 11.0 Å². The van der Waals surface area contributed by atoms with Gasteiger partial charge in [-0.2, -0.15) is 0 Å². The summed E-state index contributed by atoms with van der Waals surface area (Å²) in [5.41, 5.74) is 8.78. The molecule has 0 spiro atoms. The molecule has 2 heterocycles. The lowest BCUT2D eigenvalue weighted by molar-refractivity contribution is 0.156. The van der Waals surface area contributed by atoms with E-state index in [2.05, 4.69) is 15.1 Å². The van der Waals surface area contributed by atoms with Crippen LogP contribution in [0.2, 0.25) is 0 Å². The number of nitrogens with zero attached hydrogens (tertiary/aromatic N) is 2. The number of hydrogen-bond acceptors (Lipinski definition) is 5. The number of nitrogens with two attached hydrogens (primary N) is 1. The number of benzene rings is 1. The van der Waals surface area contributed by atoms with Crippen molar-refractivity contribution in [3.05, 3.63) is 30.0 Å². The lowest BCUT2D eigenvalue weighted by Gasteiger charge is -1.89. The fourth-order valence-corrected chi connectivity index (χ4v) is 1.78. The van der Waals surface area contributed by atoms with Crippen molar-refractivity contribution in [3.63, 3.8) is 0 Å². The number of rotatable bonds is 3. The quantitative estimate of drug-likeness (QED) is 0.687. The van der Waals surface area contributed by atoms with Gasteiger partial charge < -0.3 is 20.0 Å². The highest BCUT2D eigenvalue weighted by atomic mass is 16.5. The number of imidazole rings is 1. The molecule has 0 saturated heterocycles. The van der Waals surface area contributed by atoms with Gasteiger partial charge in [-0.25, -0.2) is 4.98 Å². The third kappa shape index (κ3) is 1.82. The predicted molar refractivity (Wildman–Crippen MR) is 66.7 cm³/mol. The summed E-state index contributed by atoms with van der Waals surface area (Å²) in [6.07, 6.45) is 0.